The number of benzene rings is 1. The molecule has 0 saturated carbocycles. The van der Waals surface area contributed by atoms with Crippen LogP contribution in [0.15, 0.2) is 18.2 Å². The lowest BCUT2D eigenvalue weighted by Crippen LogP contribution is -2.38. The Morgan fingerprint density at radius 3 is 3.00 bits per heavy atom. The summed E-state index contributed by atoms with van der Waals surface area (Å²) >= 11 is 0. The lowest BCUT2D eigenvalue weighted by Gasteiger charge is -2.28. The number of hydrogen-bond donors (Lipinski definition) is 1. The molecule has 1 heteroatoms. The van der Waals surface area contributed by atoms with Crippen molar-refractivity contribution in [2.24, 2.45) is 5.92 Å². The quantitative estimate of drug-likeness (QED) is 0.821. The van der Waals surface area contributed by atoms with Gasteiger partial charge in [0.2, 0.25) is 0 Å². The van der Waals surface area contributed by atoms with Gasteiger partial charge in [0.15, 0.2) is 0 Å². The van der Waals surface area contributed by atoms with Crippen molar-refractivity contribution in [1.82, 2.24) is 5.32 Å². The SMILES string of the molecule is CC1CCNC(Cc2ccc3c(c2)CCC3)C1. The Hall–Kier alpha value is -0.820. The van der Waals surface area contributed by atoms with Crippen LogP contribution in [0.2, 0.25) is 0 Å². The van der Waals surface area contributed by atoms with Crippen LogP contribution < -0.4 is 5.32 Å². The first-order valence-electron chi connectivity index (χ1n) is 7.15. The van der Waals surface area contributed by atoms with Gasteiger partial charge in [0.05, 0.1) is 0 Å². The highest BCUT2D eigenvalue weighted by atomic mass is 14.9. The maximum absolute atomic E-state index is 3.67. The zero-order valence-corrected chi connectivity index (χ0v) is 10.8. The van der Waals surface area contributed by atoms with Crippen LogP contribution in [0.1, 0.15) is 42.9 Å². The molecule has 1 fully saturated rings. The monoisotopic (exact) mass is 229 g/mol. The zero-order valence-electron chi connectivity index (χ0n) is 10.8. The molecule has 1 saturated heterocycles. The predicted octanol–water partition coefficient (Wildman–Crippen LogP) is 3.11. The molecule has 3 rings (SSSR count). The highest BCUT2D eigenvalue weighted by Crippen LogP contribution is 2.24. The van der Waals surface area contributed by atoms with Crippen molar-refractivity contribution in [3.05, 3.63) is 34.9 Å². The van der Waals surface area contributed by atoms with E-state index in [0.29, 0.717) is 6.04 Å². The van der Waals surface area contributed by atoms with E-state index in [1.807, 2.05) is 0 Å². The van der Waals surface area contributed by atoms with E-state index in [-0.39, 0.29) is 0 Å². The summed E-state index contributed by atoms with van der Waals surface area (Å²) in [6.45, 7) is 3.59. The van der Waals surface area contributed by atoms with Gasteiger partial charge < -0.3 is 5.32 Å². The van der Waals surface area contributed by atoms with Gasteiger partial charge in [-0.15, -0.1) is 0 Å². The standard InChI is InChI=1S/C16H23N/c1-12-7-8-17-16(9-12)11-13-5-6-14-3-2-4-15(14)10-13/h5-6,10,12,16-17H,2-4,7-9,11H2,1H3. The van der Waals surface area contributed by atoms with Crippen LogP contribution >= 0.6 is 0 Å². The fourth-order valence-electron chi connectivity index (χ4n) is 3.41. The fraction of sp³-hybridized carbons (Fsp3) is 0.625. The number of rotatable bonds is 2. The number of aryl methyl sites for hydroxylation is 2. The van der Waals surface area contributed by atoms with Crippen LogP contribution in [0.3, 0.4) is 0 Å². The number of nitrogens with one attached hydrogen (secondary N) is 1. The minimum absolute atomic E-state index is 0.707. The molecular weight excluding hydrogens is 206 g/mol. The van der Waals surface area contributed by atoms with E-state index in [1.54, 1.807) is 11.1 Å². The fourth-order valence-corrected chi connectivity index (χ4v) is 3.41. The third kappa shape index (κ3) is 2.55. The van der Waals surface area contributed by atoms with Crippen molar-refractivity contribution in [3.63, 3.8) is 0 Å². The second-order valence-electron chi connectivity index (χ2n) is 5.94. The topological polar surface area (TPSA) is 12.0 Å². The predicted molar refractivity (Wildman–Crippen MR) is 72.4 cm³/mol. The minimum Gasteiger partial charge on any atom is -0.314 e. The van der Waals surface area contributed by atoms with Crippen molar-refractivity contribution in [3.8, 4) is 0 Å². The molecule has 17 heavy (non-hydrogen) atoms. The summed E-state index contributed by atoms with van der Waals surface area (Å²) in [5, 5.41) is 3.67. The summed E-state index contributed by atoms with van der Waals surface area (Å²) in [7, 11) is 0. The molecule has 92 valence electrons. The molecular formula is C16H23N. The van der Waals surface area contributed by atoms with Crippen LogP contribution in [-0.4, -0.2) is 12.6 Å². The van der Waals surface area contributed by atoms with Crippen molar-refractivity contribution in [2.45, 2.75) is 51.5 Å². The van der Waals surface area contributed by atoms with Crippen LogP contribution in [0.4, 0.5) is 0 Å². The molecule has 0 aromatic heterocycles. The normalized spacial score (nSPS) is 28.1. The zero-order chi connectivity index (χ0) is 11.7. The Bertz CT molecular complexity index is 397. The summed E-state index contributed by atoms with van der Waals surface area (Å²) in [4.78, 5) is 0. The summed E-state index contributed by atoms with van der Waals surface area (Å²) in [6.07, 6.45) is 7.87. The van der Waals surface area contributed by atoms with Gasteiger partial charge in [-0.2, -0.15) is 0 Å². The lowest BCUT2D eigenvalue weighted by molar-refractivity contribution is 0.318. The molecule has 0 bridgehead atoms. The highest BCUT2D eigenvalue weighted by Gasteiger charge is 2.19. The first-order valence-corrected chi connectivity index (χ1v) is 7.15. The number of piperidine rings is 1. The average molecular weight is 229 g/mol. The van der Waals surface area contributed by atoms with E-state index in [2.05, 4.69) is 30.4 Å². The molecule has 1 aliphatic carbocycles. The van der Waals surface area contributed by atoms with Gasteiger partial charge in [-0.3, -0.25) is 0 Å². The molecule has 0 radical (unpaired) electrons. The molecule has 2 atom stereocenters. The van der Waals surface area contributed by atoms with Gasteiger partial charge >= 0.3 is 0 Å². The third-order valence-corrected chi connectivity index (χ3v) is 4.40. The Balaban J connectivity index is 1.68. The Morgan fingerprint density at radius 1 is 1.24 bits per heavy atom. The minimum atomic E-state index is 0.707. The van der Waals surface area contributed by atoms with Crippen LogP contribution in [0.5, 0.6) is 0 Å². The molecule has 1 nitrogen and oxygen atoms in total. The van der Waals surface area contributed by atoms with E-state index < -0.39 is 0 Å². The summed E-state index contributed by atoms with van der Waals surface area (Å²) in [5.74, 6) is 0.899. The van der Waals surface area contributed by atoms with Crippen LogP contribution in [-0.2, 0) is 19.3 Å². The maximum Gasteiger partial charge on any atom is 0.0110 e. The van der Waals surface area contributed by atoms with Gasteiger partial charge in [0.25, 0.3) is 0 Å². The van der Waals surface area contributed by atoms with Gasteiger partial charge in [-0.25, -0.2) is 0 Å². The van der Waals surface area contributed by atoms with E-state index >= 15 is 0 Å². The smallest absolute Gasteiger partial charge is 0.0110 e. The van der Waals surface area contributed by atoms with Crippen molar-refractivity contribution in [2.75, 3.05) is 6.54 Å². The lowest BCUT2D eigenvalue weighted by atomic mass is 9.90. The second kappa shape index (κ2) is 4.81. The molecule has 2 aliphatic rings. The first-order chi connectivity index (χ1) is 8.31. The van der Waals surface area contributed by atoms with Crippen molar-refractivity contribution in [1.29, 1.82) is 0 Å². The Labute approximate surface area is 105 Å². The van der Waals surface area contributed by atoms with E-state index in [9.17, 15) is 0 Å². The molecule has 1 aromatic rings. The van der Waals surface area contributed by atoms with E-state index in [4.69, 9.17) is 0 Å². The molecule has 1 N–H and O–H groups in total. The van der Waals surface area contributed by atoms with Crippen LogP contribution in [0, 0.1) is 5.92 Å². The van der Waals surface area contributed by atoms with Crippen LogP contribution in [0.25, 0.3) is 0 Å². The molecule has 0 amide bonds. The van der Waals surface area contributed by atoms with Crippen molar-refractivity contribution >= 4 is 0 Å². The number of fused-ring (bicyclic) bond motifs is 1. The van der Waals surface area contributed by atoms with Crippen molar-refractivity contribution < 1.29 is 0 Å². The van der Waals surface area contributed by atoms with Gasteiger partial charge in [-0.05, 0) is 67.7 Å². The first kappa shape index (κ1) is 11.3. The highest BCUT2D eigenvalue weighted by molar-refractivity contribution is 5.35. The van der Waals surface area contributed by atoms with E-state index in [0.717, 1.165) is 5.92 Å². The Kier molecular flexibility index (Phi) is 3.19. The van der Waals surface area contributed by atoms with Gasteiger partial charge in [0.1, 0.15) is 0 Å². The summed E-state index contributed by atoms with van der Waals surface area (Å²) in [5.41, 5.74) is 4.75. The molecule has 1 aliphatic heterocycles. The summed E-state index contributed by atoms with van der Waals surface area (Å²) in [6, 6.07) is 7.89. The summed E-state index contributed by atoms with van der Waals surface area (Å²) < 4.78 is 0. The maximum atomic E-state index is 3.67. The largest absolute Gasteiger partial charge is 0.314 e. The molecule has 1 heterocycles. The second-order valence-corrected chi connectivity index (χ2v) is 5.94. The van der Waals surface area contributed by atoms with E-state index in [1.165, 1.54) is 50.6 Å². The molecule has 1 aromatic carbocycles. The molecule has 0 spiro atoms. The molecule has 2 unspecified atom stereocenters. The van der Waals surface area contributed by atoms with Gasteiger partial charge in [0, 0.05) is 6.04 Å². The Morgan fingerprint density at radius 2 is 2.12 bits per heavy atom. The third-order valence-electron chi connectivity index (χ3n) is 4.40. The average Bonchev–Trinajstić information content (AvgIpc) is 2.76. The number of hydrogen-bond acceptors (Lipinski definition) is 1. The van der Waals surface area contributed by atoms with Gasteiger partial charge in [-0.1, -0.05) is 25.1 Å².